The van der Waals surface area contributed by atoms with Crippen LogP contribution in [0.4, 0.5) is 0 Å². The molecular weight excluding hydrogens is 192 g/mol. The zero-order chi connectivity index (χ0) is 11.3. The first-order valence-electron chi connectivity index (χ1n) is 4.02. The molecule has 0 bridgehead atoms. The van der Waals surface area contributed by atoms with Crippen LogP contribution in [-0.4, -0.2) is 11.1 Å². The normalized spacial score (nSPS) is 10.1. The third-order valence-corrected chi connectivity index (χ3v) is 1.68. The SMILES string of the molecule is N#CC(=Cc1cccc(C#N)c1)C(=O)O. The van der Waals surface area contributed by atoms with Crippen molar-refractivity contribution in [3.63, 3.8) is 0 Å². The Morgan fingerprint density at radius 3 is 2.67 bits per heavy atom. The average molecular weight is 198 g/mol. The van der Waals surface area contributed by atoms with Crippen LogP contribution < -0.4 is 0 Å². The van der Waals surface area contributed by atoms with E-state index in [0.29, 0.717) is 11.1 Å². The van der Waals surface area contributed by atoms with Crippen LogP contribution in [0.5, 0.6) is 0 Å². The van der Waals surface area contributed by atoms with Gasteiger partial charge in [0.2, 0.25) is 0 Å². The van der Waals surface area contributed by atoms with Gasteiger partial charge in [-0.15, -0.1) is 0 Å². The van der Waals surface area contributed by atoms with Gasteiger partial charge >= 0.3 is 5.97 Å². The van der Waals surface area contributed by atoms with Crippen molar-refractivity contribution in [1.82, 2.24) is 0 Å². The number of hydrogen-bond donors (Lipinski definition) is 1. The fourth-order valence-corrected chi connectivity index (χ4v) is 1.01. The highest BCUT2D eigenvalue weighted by Gasteiger charge is 2.05. The van der Waals surface area contributed by atoms with Crippen molar-refractivity contribution in [3.8, 4) is 12.1 Å². The number of nitriles is 2. The van der Waals surface area contributed by atoms with Gasteiger partial charge in [0.15, 0.2) is 0 Å². The van der Waals surface area contributed by atoms with E-state index in [1.165, 1.54) is 12.1 Å². The fraction of sp³-hybridized carbons (Fsp3) is 0. The minimum atomic E-state index is -1.28. The summed E-state index contributed by atoms with van der Waals surface area (Å²) in [6.45, 7) is 0. The second-order valence-electron chi connectivity index (χ2n) is 2.71. The lowest BCUT2D eigenvalue weighted by atomic mass is 10.1. The molecule has 0 fully saturated rings. The molecule has 1 rings (SSSR count). The van der Waals surface area contributed by atoms with Gasteiger partial charge in [0, 0.05) is 0 Å². The highest BCUT2D eigenvalue weighted by Crippen LogP contribution is 2.09. The Morgan fingerprint density at radius 2 is 2.13 bits per heavy atom. The molecule has 0 heterocycles. The van der Waals surface area contributed by atoms with E-state index >= 15 is 0 Å². The summed E-state index contributed by atoms with van der Waals surface area (Å²) in [5, 5.41) is 25.7. The molecule has 0 aromatic heterocycles. The Kier molecular flexibility index (Phi) is 3.21. The monoisotopic (exact) mass is 198 g/mol. The van der Waals surface area contributed by atoms with Crippen LogP contribution in [0.2, 0.25) is 0 Å². The van der Waals surface area contributed by atoms with Crippen LogP contribution in [0, 0.1) is 22.7 Å². The molecule has 0 saturated heterocycles. The lowest BCUT2D eigenvalue weighted by molar-refractivity contribution is -0.132. The largest absolute Gasteiger partial charge is 0.477 e. The van der Waals surface area contributed by atoms with E-state index in [2.05, 4.69) is 0 Å². The zero-order valence-corrected chi connectivity index (χ0v) is 7.64. The van der Waals surface area contributed by atoms with Gasteiger partial charge in [0.25, 0.3) is 0 Å². The van der Waals surface area contributed by atoms with Crippen LogP contribution in [0.15, 0.2) is 29.8 Å². The molecule has 0 aliphatic heterocycles. The summed E-state index contributed by atoms with van der Waals surface area (Å²) >= 11 is 0. The Labute approximate surface area is 86.3 Å². The van der Waals surface area contributed by atoms with E-state index < -0.39 is 5.97 Å². The number of nitrogens with zero attached hydrogens (tertiary/aromatic N) is 2. The van der Waals surface area contributed by atoms with Gasteiger partial charge in [0.1, 0.15) is 11.6 Å². The van der Waals surface area contributed by atoms with Gasteiger partial charge in [0.05, 0.1) is 11.6 Å². The molecule has 0 aliphatic rings. The standard InChI is InChI=1S/C11H6N2O2/c12-6-9-3-1-2-8(4-9)5-10(7-13)11(14)15/h1-5H,(H,14,15). The van der Waals surface area contributed by atoms with E-state index in [9.17, 15) is 4.79 Å². The minimum Gasteiger partial charge on any atom is -0.477 e. The molecule has 0 unspecified atom stereocenters. The summed E-state index contributed by atoms with van der Waals surface area (Å²) in [6, 6.07) is 9.86. The van der Waals surface area contributed by atoms with Gasteiger partial charge in [-0.3, -0.25) is 0 Å². The number of rotatable bonds is 2. The molecule has 15 heavy (non-hydrogen) atoms. The summed E-state index contributed by atoms with van der Waals surface area (Å²) in [4.78, 5) is 10.5. The molecule has 0 atom stereocenters. The first kappa shape index (κ1) is 10.5. The van der Waals surface area contributed by atoms with Crippen LogP contribution in [0.25, 0.3) is 6.08 Å². The lowest BCUT2D eigenvalue weighted by Gasteiger charge is -1.94. The number of carboxylic acid groups (broad SMARTS) is 1. The van der Waals surface area contributed by atoms with Crippen molar-refractivity contribution < 1.29 is 9.90 Å². The Bertz CT molecular complexity index is 504. The summed E-state index contributed by atoms with van der Waals surface area (Å²) in [7, 11) is 0. The topological polar surface area (TPSA) is 84.9 Å². The van der Waals surface area contributed by atoms with Crippen molar-refractivity contribution >= 4 is 12.0 Å². The first-order valence-corrected chi connectivity index (χ1v) is 4.02. The Balaban J connectivity index is 3.14. The molecule has 0 amide bonds. The maximum absolute atomic E-state index is 10.5. The van der Waals surface area contributed by atoms with Crippen LogP contribution >= 0.6 is 0 Å². The maximum atomic E-state index is 10.5. The number of carbonyl (C=O) groups is 1. The molecule has 72 valence electrons. The van der Waals surface area contributed by atoms with Crippen molar-refractivity contribution in [2.75, 3.05) is 0 Å². The second kappa shape index (κ2) is 4.59. The molecular formula is C11H6N2O2. The smallest absolute Gasteiger partial charge is 0.346 e. The van der Waals surface area contributed by atoms with Crippen molar-refractivity contribution in [3.05, 3.63) is 41.0 Å². The number of benzene rings is 1. The van der Waals surface area contributed by atoms with E-state index in [-0.39, 0.29) is 5.57 Å². The van der Waals surface area contributed by atoms with Gasteiger partial charge in [-0.1, -0.05) is 12.1 Å². The highest BCUT2D eigenvalue weighted by atomic mass is 16.4. The molecule has 4 nitrogen and oxygen atoms in total. The van der Waals surface area contributed by atoms with Crippen LogP contribution in [-0.2, 0) is 4.79 Å². The van der Waals surface area contributed by atoms with E-state index in [1.807, 2.05) is 6.07 Å². The summed E-state index contributed by atoms with van der Waals surface area (Å²) in [5.74, 6) is -1.28. The predicted octanol–water partition coefficient (Wildman–Crippen LogP) is 1.55. The van der Waals surface area contributed by atoms with Crippen LogP contribution in [0.3, 0.4) is 0 Å². The molecule has 0 radical (unpaired) electrons. The zero-order valence-electron chi connectivity index (χ0n) is 7.64. The average Bonchev–Trinajstić information content (AvgIpc) is 2.25. The van der Waals surface area contributed by atoms with Crippen molar-refractivity contribution in [1.29, 1.82) is 10.5 Å². The molecule has 1 aromatic rings. The van der Waals surface area contributed by atoms with E-state index in [1.54, 1.807) is 24.3 Å². The third kappa shape index (κ3) is 2.68. The first-order chi connectivity index (χ1) is 7.17. The second-order valence-corrected chi connectivity index (χ2v) is 2.71. The van der Waals surface area contributed by atoms with Crippen molar-refractivity contribution in [2.45, 2.75) is 0 Å². The minimum absolute atomic E-state index is 0.356. The Hall–Kier alpha value is -2.59. The summed E-state index contributed by atoms with van der Waals surface area (Å²) in [5.41, 5.74) is 0.588. The molecule has 4 heteroatoms. The van der Waals surface area contributed by atoms with E-state index in [4.69, 9.17) is 15.6 Å². The molecule has 1 aromatic carbocycles. The number of hydrogen-bond acceptors (Lipinski definition) is 3. The van der Waals surface area contributed by atoms with Crippen molar-refractivity contribution in [2.24, 2.45) is 0 Å². The third-order valence-electron chi connectivity index (χ3n) is 1.68. The number of carboxylic acids is 1. The fourth-order valence-electron chi connectivity index (χ4n) is 1.01. The maximum Gasteiger partial charge on any atom is 0.346 e. The highest BCUT2D eigenvalue weighted by molar-refractivity contribution is 5.96. The molecule has 1 N–H and O–H groups in total. The van der Waals surface area contributed by atoms with Gasteiger partial charge in [-0.25, -0.2) is 4.79 Å². The summed E-state index contributed by atoms with van der Waals surface area (Å²) < 4.78 is 0. The molecule has 0 spiro atoms. The summed E-state index contributed by atoms with van der Waals surface area (Å²) in [6.07, 6.45) is 1.23. The molecule has 0 saturated carbocycles. The molecule has 0 aliphatic carbocycles. The van der Waals surface area contributed by atoms with Gasteiger partial charge in [-0.2, -0.15) is 10.5 Å². The van der Waals surface area contributed by atoms with Crippen LogP contribution in [0.1, 0.15) is 11.1 Å². The lowest BCUT2D eigenvalue weighted by Crippen LogP contribution is -1.97. The number of aliphatic carboxylic acids is 1. The van der Waals surface area contributed by atoms with Gasteiger partial charge in [-0.05, 0) is 23.8 Å². The van der Waals surface area contributed by atoms with Gasteiger partial charge < -0.3 is 5.11 Å². The van der Waals surface area contributed by atoms with E-state index in [0.717, 1.165) is 0 Å². The predicted molar refractivity (Wildman–Crippen MR) is 52.4 cm³/mol. The Morgan fingerprint density at radius 1 is 1.40 bits per heavy atom. The quantitative estimate of drug-likeness (QED) is 0.577.